The number of carboxylic acids is 1. The van der Waals surface area contributed by atoms with Gasteiger partial charge in [0.15, 0.2) is 0 Å². The van der Waals surface area contributed by atoms with Crippen molar-refractivity contribution in [3.05, 3.63) is 46.5 Å². The van der Waals surface area contributed by atoms with Crippen molar-refractivity contribution in [1.82, 2.24) is 0 Å². The summed E-state index contributed by atoms with van der Waals surface area (Å²) in [5, 5.41) is 21.1. The third-order valence-electron chi connectivity index (χ3n) is 1.74. The lowest BCUT2D eigenvalue weighted by atomic mass is 10.2. The number of rotatable bonds is 4. The molecule has 0 unspecified atom stereocenters. The number of benzene rings is 1. The van der Waals surface area contributed by atoms with Crippen molar-refractivity contribution < 1.29 is 19.6 Å². The Labute approximate surface area is 95.5 Å². The number of nitrogens with one attached hydrogen (secondary N) is 1. The second kappa shape index (κ2) is 5.40. The first-order valence-corrected chi connectivity index (χ1v) is 4.46. The van der Waals surface area contributed by atoms with Crippen molar-refractivity contribution in [2.75, 3.05) is 5.32 Å². The lowest BCUT2D eigenvalue weighted by Gasteiger charge is -2.02. The molecule has 17 heavy (non-hydrogen) atoms. The predicted octanol–water partition coefficient (Wildman–Crippen LogP) is 1.17. The number of nitro benzene ring substituents is 1. The zero-order chi connectivity index (χ0) is 12.8. The molecule has 1 aromatic carbocycles. The van der Waals surface area contributed by atoms with Gasteiger partial charge in [0, 0.05) is 18.2 Å². The second-order valence-corrected chi connectivity index (χ2v) is 2.94. The lowest BCUT2D eigenvalue weighted by Crippen LogP contribution is -2.10. The summed E-state index contributed by atoms with van der Waals surface area (Å²) in [4.78, 5) is 31.3. The van der Waals surface area contributed by atoms with Crippen molar-refractivity contribution in [3.8, 4) is 0 Å². The maximum absolute atomic E-state index is 11.2. The summed E-state index contributed by atoms with van der Waals surface area (Å²) in [6.45, 7) is 0. The van der Waals surface area contributed by atoms with Crippen LogP contribution in [0.5, 0.6) is 0 Å². The number of nitro groups is 1. The van der Waals surface area contributed by atoms with E-state index in [2.05, 4.69) is 5.32 Å². The van der Waals surface area contributed by atoms with Gasteiger partial charge in [-0.3, -0.25) is 14.9 Å². The molecule has 7 heteroatoms. The van der Waals surface area contributed by atoms with Gasteiger partial charge in [-0.25, -0.2) is 4.79 Å². The van der Waals surface area contributed by atoms with Gasteiger partial charge in [-0.15, -0.1) is 0 Å². The number of carboxylic acid groups (broad SMARTS) is 1. The molecule has 0 spiro atoms. The average Bonchev–Trinajstić information content (AvgIpc) is 2.27. The molecule has 0 aromatic heterocycles. The van der Waals surface area contributed by atoms with Gasteiger partial charge in [-0.05, 0) is 6.07 Å². The Hall–Kier alpha value is -2.70. The normalized spacial score (nSPS) is 10.1. The van der Waals surface area contributed by atoms with E-state index in [0.29, 0.717) is 6.08 Å². The number of anilines is 1. The zero-order valence-corrected chi connectivity index (χ0v) is 8.49. The fourth-order valence-corrected chi connectivity index (χ4v) is 1.06. The molecule has 0 radical (unpaired) electrons. The maximum atomic E-state index is 11.2. The van der Waals surface area contributed by atoms with E-state index < -0.39 is 16.8 Å². The quantitative estimate of drug-likeness (QED) is 0.463. The van der Waals surface area contributed by atoms with E-state index in [9.17, 15) is 19.7 Å². The van der Waals surface area contributed by atoms with Crippen LogP contribution in [0, 0.1) is 10.1 Å². The summed E-state index contributed by atoms with van der Waals surface area (Å²) < 4.78 is 0. The summed E-state index contributed by atoms with van der Waals surface area (Å²) in [6, 6.07) is 5.56. The maximum Gasteiger partial charge on any atom is 0.328 e. The van der Waals surface area contributed by atoms with Gasteiger partial charge in [0.25, 0.3) is 5.69 Å². The smallest absolute Gasteiger partial charge is 0.328 e. The van der Waals surface area contributed by atoms with Crippen molar-refractivity contribution in [3.63, 3.8) is 0 Å². The lowest BCUT2D eigenvalue weighted by molar-refractivity contribution is -0.383. The molecule has 1 aromatic rings. The summed E-state index contributed by atoms with van der Waals surface area (Å²) in [5.74, 6) is -2.02. The van der Waals surface area contributed by atoms with Crippen LogP contribution in [0.15, 0.2) is 36.4 Å². The summed E-state index contributed by atoms with van der Waals surface area (Å²) in [6.07, 6.45) is 1.42. The Morgan fingerprint density at radius 2 is 1.94 bits per heavy atom. The Bertz CT molecular complexity index is 495. The van der Waals surface area contributed by atoms with E-state index in [0.717, 1.165) is 6.08 Å². The van der Waals surface area contributed by atoms with Crippen LogP contribution in [0.1, 0.15) is 0 Å². The van der Waals surface area contributed by atoms with Gasteiger partial charge in [-0.2, -0.15) is 0 Å². The van der Waals surface area contributed by atoms with E-state index in [4.69, 9.17) is 5.11 Å². The van der Waals surface area contributed by atoms with Crippen LogP contribution >= 0.6 is 0 Å². The fourth-order valence-electron chi connectivity index (χ4n) is 1.06. The molecule has 0 aliphatic heterocycles. The molecular weight excluding hydrogens is 228 g/mol. The number of para-hydroxylation sites is 2. The third-order valence-corrected chi connectivity index (χ3v) is 1.74. The number of aliphatic carboxylic acids is 1. The largest absolute Gasteiger partial charge is 0.478 e. The molecule has 0 aliphatic carbocycles. The molecule has 0 bridgehead atoms. The average molecular weight is 236 g/mol. The third kappa shape index (κ3) is 3.74. The Kier molecular flexibility index (Phi) is 3.93. The van der Waals surface area contributed by atoms with Crippen LogP contribution in [0.2, 0.25) is 0 Å². The van der Waals surface area contributed by atoms with E-state index in [1.165, 1.54) is 24.3 Å². The topological polar surface area (TPSA) is 110 Å². The van der Waals surface area contributed by atoms with E-state index in [1.54, 1.807) is 0 Å². The van der Waals surface area contributed by atoms with Crippen LogP contribution in [0.3, 0.4) is 0 Å². The van der Waals surface area contributed by atoms with Crippen molar-refractivity contribution in [2.45, 2.75) is 0 Å². The minimum Gasteiger partial charge on any atom is -0.478 e. The van der Waals surface area contributed by atoms with Crippen LogP contribution < -0.4 is 5.32 Å². The molecule has 0 saturated carbocycles. The minimum atomic E-state index is -1.28. The first-order chi connectivity index (χ1) is 8.00. The molecule has 0 heterocycles. The monoisotopic (exact) mass is 236 g/mol. The zero-order valence-electron chi connectivity index (χ0n) is 8.49. The van der Waals surface area contributed by atoms with Crippen LogP contribution in [0.4, 0.5) is 11.4 Å². The van der Waals surface area contributed by atoms with Crippen molar-refractivity contribution in [2.24, 2.45) is 0 Å². The Morgan fingerprint density at radius 1 is 1.29 bits per heavy atom. The van der Waals surface area contributed by atoms with Gasteiger partial charge in [0.2, 0.25) is 5.91 Å². The van der Waals surface area contributed by atoms with E-state index in [-0.39, 0.29) is 11.4 Å². The molecule has 0 fully saturated rings. The van der Waals surface area contributed by atoms with Crippen LogP contribution in [0.25, 0.3) is 0 Å². The van der Waals surface area contributed by atoms with Gasteiger partial charge in [0.05, 0.1) is 4.92 Å². The SMILES string of the molecule is O=C(O)/C=C\C(=O)Nc1ccccc1[N+](=O)[O-]. The van der Waals surface area contributed by atoms with E-state index >= 15 is 0 Å². The van der Waals surface area contributed by atoms with E-state index in [1.807, 2.05) is 0 Å². The number of carbonyl (C=O) groups is 2. The highest BCUT2D eigenvalue weighted by Gasteiger charge is 2.13. The van der Waals surface area contributed by atoms with Crippen molar-refractivity contribution >= 4 is 23.3 Å². The molecule has 7 nitrogen and oxygen atoms in total. The molecule has 0 atom stereocenters. The molecular formula is C10H8N2O5. The molecule has 2 N–H and O–H groups in total. The molecule has 1 amide bonds. The summed E-state index contributed by atoms with van der Waals surface area (Å²) in [5.41, 5.74) is -0.248. The number of hydrogen-bond acceptors (Lipinski definition) is 4. The standard InChI is InChI=1S/C10H8N2O5/c13-9(5-6-10(14)15)11-7-3-1-2-4-8(7)12(16)17/h1-6H,(H,11,13)(H,14,15)/b6-5-. The Balaban J connectivity index is 2.85. The highest BCUT2D eigenvalue weighted by Crippen LogP contribution is 2.22. The second-order valence-electron chi connectivity index (χ2n) is 2.94. The van der Waals surface area contributed by atoms with Gasteiger partial charge < -0.3 is 10.4 Å². The highest BCUT2D eigenvalue weighted by atomic mass is 16.6. The molecule has 1 rings (SSSR count). The highest BCUT2D eigenvalue weighted by molar-refractivity contribution is 6.03. The number of hydrogen-bond donors (Lipinski definition) is 2. The minimum absolute atomic E-state index is 0.0116. The first kappa shape index (κ1) is 12.4. The van der Waals surface area contributed by atoms with Gasteiger partial charge in [-0.1, -0.05) is 12.1 Å². The van der Waals surface area contributed by atoms with Gasteiger partial charge >= 0.3 is 5.97 Å². The fraction of sp³-hybridized carbons (Fsp3) is 0. The van der Waals surface area contributed by atoms with Crippen LogP contribution in [-0.2, 0) is 9.59 Å². The number of amides is 1. The molecule has 0 aliphatic rings. The predicted molar refractivity (Wildman–Crippen MR) is 58.5 cm³/mol. The Morgan fingerprint density at radius 3 is 2.53 bits per heavy atom. The van der Waals surface area contributed by atoms with Crippen molar-refractivity contribution in [1.29, 1.82) is 0 Å². The number of nitrogens with zero attached hydrogens (tertiary/aromatic N) is 1. The first-order valence-electron chi connectivity index (χ1n) is 4.46. The summed E-state index contributed by atoms with van der Waals surface area (Å²) in [7, 11) is 0. The van der Waals surface area contributed by atoms with Crippen LogP contribution in [-0.4, -0.2) is 21.9 Å². The molecule has 0 saturated heterocycles. The number of carbonyl (C=O) groups excluding carboxylic acids is 1. The molecule has 88 valence electrons. The summed E-state index contributed by atoms with van der Waals surface area (Å²) >= 11 is 0. The van der Waals surface area contributed by atoms with Gasteiger partial charge in [0.1, 0.15) is 5.69 Å².